The minimum atomic E-state index is -0.748. The molecular formula is C13H27N3O. The van der Waals surface area contributed by atoms with Crippen molar-refractivity contribution in [3.63, 3.8) is 0 Å². The normalized spacial score (nSPS) is 16.9. The molecule has 0 amide bonds. The molecular weight excluding hydrogens is 214 g/mol. The summed E-state index contributed by atoms with van der Waals surface area (Å²) in [5, 5.41) is 8.96. The molecule has 17 heavy (non-hydrogen) atoms. The predicted octanol–water partition coefficient (Wildman–Crippen LogP) is 1.61. The second-order valence-electron chi connectivity index (χ2n) is 5.46. The maximum Gasteiger partial charge on any atom is 0.102 e. The number of nitrogens with zero attached hydrogens (tertiary/aromatic N) is 2. The van der Waals surface area contributed by atoms with E-state index in [1.807, 2.05) is 0 Å². The Labute approximate surface area is 106 Å². The first kappa shape index (κ1) is 16.4. The zero-order valence-electron chi connectivity index (χ0n) is 11.9. The molecule has 0 aromatic carbocycles. The fourth-order valence-electron chi connectivity index (χ4n) is 1.96. The van der Waals surface area contributed by atoms with Crippen LogP contribution in [0, 0.1) is 17.2 Å². The van der Waals surface area contributed by atoms with E-state index >= 15 is 0 Å². The second kappa shape index (κ2) is 7.65. The summed E-state index contributed by atoms with van der Waals surface area (Å²) in [5.41, 5.74) is 5.15. The van der Waals surface area contributed by atoms with Gasteiger partial charge in [-0.3, -0.25) is 4.90 Å². The molecule has 0 rings (SSSR count). The molecule has 0 fully saturated rings. The van der Waals surface area contributed by atoms with Gasteiger partial charge in [-0.15, -0.1) is 0 Å². The minimum Gasteiger partial charge on any atom is -0.383 e. The molecule has 2 N–H and O–H groups in total. The van der Waals surface area contributed by atoms with Crippen LogP contribution in [-0.2, 0) is 4.74 Å². The fraction of sp³-hybridized carbons (Fsp3) is 0.923. The summed E-state index contributed by atoms with van der Waals surface area (Å²) < 4.78 is 5.12. The van der Waals surface area contributed by atoms with E-state index in [0.717, 1.165) is 13.1 Å². The number of hydrogen-bond donors (Lipinski definition) is 1. The summed E-state index contributed by atoms with van der Waals surface area (Å²) in [6.07, 6.45) is 0.680. The Balaban J connectivity index is 4.41. The zero-order chi connectivity index (χ0) is 13.5. The van der Waals surface area contributed by atoms with Gasteiger partial charge in [-0.1, -0.05) is 13.8 Å². The first-order valence-electron chi connectivity index (χ1n) is 6.25. The van der Waals surface area contributed by atoms with Gasteiger partial charge in [-0.2, -0.15) is 5.26 Å². The van der Waals surface area contributed by atoms with Crippen LogP contribution in [0.5, 0.6) is 0 Å². The summed E-state index contributed by atoms with van der Waals surface area (Å²) in [5.74, 6) is 0.598. The molecule has 0 bridgehead atoms. The first-order chi connectivity index (χ1) is 7.82. The second-order valence-corrected chi connectivity index (χ2v) is 5.46. The van der Waals surface area contributed by atoms with Gasteiger partial charge in [-0.05, 0) is 26.2 Å². The Hall–Kier alpha value is -0.630. The molecule has 0 aliphatic heterocycles. The van der Waals surface area contributed by atoms with Gasteiger partial charge in [0.15, 0.2) is 0 Å². The lowest BCUT2D eigenvalue weighted by Crippen LogP contribution is -2.45. The SMILES string of the molecule is COCCN(CC(C)C)C(C)CC(C)(N)C#N. The van der Waals surface area contributed by atoms with E-state index in [1.165, 1.54) is 0 Å². The highest BCUT2D eigenvalue weighted by Gasteiger charge is 2.25. The number of hydrogen-bond acceptors (Lipinski definition) is 4. The lowest BCUT2D eigenvalue weighted by atomic mass is 9.95. The number of methoxy groups -OCH3 is 1. The summed E-state index contributed by atoms with van der Waals surface area (Å²) >= 11 is 0. The lowest BCUT2D eigenvalue weighted by molar-refractivity contribution is 0.107. The molecule has 0 saturated carbocycles. The monoisotopic (exact) mass is 241 g/mol. The smallest absolute Gasteiger partial charge is 0.102 e. The van der Waals surface area contributed by atoms with E-state index in [4.69, 9.17) is 15.7 Å². The third-order valence-electron chi connectivity index (χ3n) is 2.78. The molecule has 4 nitrogen and oxygen atoms in total. The van der Waals surface area contributed by atoms with Gasteiger partial charge < -0.3 is 10.5 Å². The van der Waals surface area contributed by atoms with E-state index < -0.39 is 5.54 Å². The van der Waals surface area contributed by atoms with Crippen molar-refractivity contribution in [3.8, 4) is 6.07 Å². The summed E-state index contributed by atoms with van der Waals surface area (Å²) in [6.45, 7) is 10.9. The topological polar surface area (TPSA) is 62.3 Å². The largest absolute Gasteiger partial charge is 0.383 e. The average molecular weight is 241 g/mol. The Morgan fingerprint density at radius 1 is 1.41 bits per heavy atom. The molecule has 0 heterocycles. The third kappa shape index (κ3) is 7.32. The van der Waals surface area contributed by atoms with E-state index in [-0.39, 0.29) is 0 Å². The molecule has 4 heteroatoms. The minimum absolute atomic E-state index is 0.294. The van der Waals surface area contributed by atoms with Crippen molar-refractivity contribution in [2.75, 3.05) is 26.8 Å². The molecule has 0 spiro atoms. The van der Waals surface area contributed by atoms with Crippen LogP contribution in [0.3, 0.4) is 0 Å². The number of rotatable bonds is 8. The zero-order valence-corrected chi connectivity index (χ0v) is 11.9. The van der Waals surface area contributed by atoms with Crippen LogP contribution in [0.25, 0.3) is 0 Å². The van der Waals surface area contributed by atoms with Gasteiger partial charge in [0, 0.05) is 26.2 Å². The van der Waals surface area contributed by atoms with E-state index in [0.29, 0.717) is 25.0 Å². The van der Waals surface area contributed by atoms with Crippen LogP contribution in [-0.4, -0.2) is 43.3 Å². The Kier molecular flexibility index (Phi) is 7.37. The molecule has 0 aromatic rings. The number of nitrogens with two attached hydrogens (primary N) is 1. The predicted molar refractivity (Wildman–Crippen MR) is 70.6 cm³/mol. The maximum atomic E-state index is 8.96. The van der Waals surface area contributed by atoms with Gasteiger partial charge in [0.25, 0.3) is 0 Å². The third-order valence-corrected chi connectivity index (χ3v) is 2.78. The van der Waals surface area contributed by atoms with Gasteiger partial charge in [-0.25, -0.2) is 0 Å². The van der Waals surface area contributed by atoms with E-state index in [9.17, 15) is 0 Å². The van der Waals surface area contributed by atoms with Crippen LogP contribution in [0.4, 0.5) is 0 Å². The summed E-state index contributed by atoms with van der Waals surface area (Å²) in [7, 11) is 1.71. The molecule has 0 aliphatic carbocycles. The standard InChI is InChI=1S/C13H27N3O/c1-11(2)9-16(6-7-17-5)12(3)8-13(4,15)10-14/h11-12H,6-9,15H2,1-5H3. The van der Waals surface area contributed by atoms with Crippen LogP contribution < -0.4 is 5.73 Å². The highest BCUT2D eigenvalue weighted by molar-refractivity contribution is 5.02. The molecule has 100 valence electrons. The molecule has 0 aromatic heterocycles. The van der Waals surface area contributed by atoms with Crippen LogP contribution in [0.15, 0.2) is 0 Å². The van der Waals surface area contributed by atoms with Crippen molar-refractivity contribution in [1.82, 2.24) is 4.90 Å². The maximum absolute atomic E-state index is 8.96. The van der Waals surface area contributed by atoms with E-state index in [2.05, 4.69) is 31.7 Å². The highest BCUT2D eigenvalue weighted by atomic mass is 16.5. The quantitative estimate of drug-likeness (QED) is 0.701. The van der Waals surface area contributed by atoms with Crippen LogP contribution in [0.2, 0.25) is 0 Å². The van der Waals surface area contributed by atoms with E-state index in [1.54, 1.807) is 14.0 Å². The fourth-order valence-corrected chi connectivity index (χ4v) is 1.96. The van der Waals surface area contributed by atoms with Crippen LogP contribution in [0.1, 0.15) is 34.1 Å². The van der Waals surface area contributed by atoms with Crippen molar-refractivity contribution in [3.05, 3.63) is 0 Å². The first-order valence-corrected chi connectivity index (χ1v) is 6.25. The molecule has 0 radical (unpaired) electrons. The van der Waals surface area contributed by atoms with Gasteiger partial charge >= 0.3 is 0 Å². The Morgan fingerprint density at radius 3 is 2.41 bits per heavy atom. The van der Waals surface area contributed by atoms with Crippen LogP contribution >= 0.6 is 0 Å². The van der Waals surface area contributed by atoms with Gasteiger partial charge in [0.1, 0.15) is 5.54 Å². The van der Waals surface area contributed by atoms with Gasteiger partial charge in [0.05, 0.1) is 12.7 Å². The van der Waals surface area contributed by atoms with Crippen molar-refractivity contribution in [1.29, 1.82) is 5.26 Å². The molecule has 2 unspecified atom stereocenters. The van der Waals surface area contributed by atoms with Crippen molar-refractivity contribution >= 4 is 0 Å². The van der Waals surface area contributed by atoms with Crippen molar-refractivity contribution in [2.45, 2.75) is 45.7 Å². The number of nitriles is 1. The summed E-state index contributed by atoms with van der Waals surface area (Å²) in [4.78, 5) is 2.34. The number of ether oxygens (including phenoxy) is 1. The Morgan fingerprint density at radius 2 is 2.00 bits per heavy atom. The molecule has 0 saturated heterocycles. The van der Waals surface area contributed by atoms with Gasteiger partial charge in [0.2, 0.25) is 0 Å². The average Bonchev–Trinajstić information content (AvgIpc) is 2.23. The lowest BCUT2D eigenvalue weighted by Gasteiger charge is -2.33. The summed E-state index contributed by atoms with van der Waals surface area (Å²) in [6, 6.07) is 2.45. The highest BCUT2D eigenvalue weighted by Crippen LogP contribution is 2.14. The Bertz CT molecular complexity index is 246. The molecule has 2 atom stereocenters. The van der Waals surface area contributed by atoms with Crippen molar-refractivity contribution < 1.29 is 4.74 Å². The molecule has 0 aliphatic rings. The van der Waals surface area contributed by atoms with Crippen molar-refractivity contribution in [2.24, 2.45) is 11.7 Å².